The van der Waals surface area contributed by atoms with E-state index >= 15 is 0 Å². The van der Waals surface area contributed by atoms with Gasteiger partial charge in [-0.2, -0.15) is 0 Å². The molecule has 5 nitrogen and oxygen atoms in total. The Morgan fingerprint density at radius 2 is 1.60 bits per heavy atom. The molecule has 1 atom stereocenters. The van der Waals surface area contributed by atoms with Gasteiger partial charge in [-0.3, -0.25) is 4.79 Å². The first-order chi connectivity index (χ1) is 11.9. The zero-order valence-corrected chi connectivity index (χ0v) is 15.2. The molecule has 2 rings (SSSR count). The van der Waals surface area contributed by atoms with Gasteiger partial charge in [-0.1, -0.05) is 59.1 Å². The summed E-state index contributed by atoms with van der Waals surface area (Å²) in [7, 11) is 0. The van der Waals surface area contributed by atoms with Crippen LogP contribution in [0, 0.1) is 0 Å². The number of amides is 2. The molecule has 0 saturated heterocycles. The molecule has 132 valence electrons. The summed E-state index contributed by atoms with van der Waals surface area (Å²) in [5.74, 6) is -0.561. The first kappa shape index (κ1) is 19.4. The average molecular weight is 402 g/mol. The number of hydrogen-bond donors (Lipinski definition) is 2. The number of carbonyl (C=O) groups is 2. The van der Waals surface area contributed by atoms with Crippen molar-refractivity contribution >= 4 is 46.8 Å². The third-order valence-electron chi connectivity index (χ3n) is 3.41. The van der Waals surface area contributed by atoms with Gasteiger partial charge in [-0.25, -0.2) is 4.79 Å². The second kappa shape index (κ2) is 8.94. The van der Waals surface area contributed by atoms with E-state index in [1.807, 2.05) is 0 Å². The van der Waals surface area contributed by atoms with Crippen LogP contribution in [-0.4, -0.2) is 12.0 Å². The fraction of sp³-hybridized carbons (Fsp3) is 0.176. The number of hydrogen-bond acceptors (Lipinski definition) is 3. The van der Waals surface area contributed by atoms with Gasteiger partial charge in [0.2, 0.25) is 0 Å². The molecule has 3 N–H and O–H groups in total. The summed E-state index contributed by atoms with van der Waals surface area (Å²) in [4.78, 5) is 23.4. The highest BCUT2D eigenvalue weighted by molar-refractivity contribution is 6.36. The first-order valence-electron chi connectivity index (χ1n) is 7.27. The van der Waals surface area contributed by atoms with Crippen LogP contribution >= 0.6 is 34.8 Å². The Balaban J connectivity index is 2.07. The van der Waals surface area contributed by atoms with Gasteiger partial charge in [0, 0.05) is 20.6 Å². The second-order valence-corrected chi connectivity index (χ2v) is 6.37. The molecule has 0 saturated carbocycles. The third-order valence-corrected chi connectivity index (χ3v) is 4.46. The van der Waals surface area contributed by atoms with Crippen molar-refractivity contribution in [2.75, 3.05) is 0 Å². The number of benzene rings is 2. The number of halogens is 3. The molecule has 0 heterocycles. The second-order valence-electron chi connectivity index (χ2n) is 5.15. The maximum absolute atomic E-state index is 12.2. The summed E-state index contributed by atoms with van der Waals surface area (Å²) in [6.45, 7) is -0.0802. The number of nitrogens with two attached hydrogens (primary N) is 1. The van der Waals surface area contributed by atoms with Crippen molar-refractivity contribution in [1.29, 1.82) is 0 Å². The van der Waals surface area contributed by atoms with E-state index in [1.54, 1.807) is 42.5 Å². The molecule has 0 unspecified atom stereocenters. The molecule has 0 radical (unpaired) electrons. The van der Waals surface area contributed by atoms with E-state index in [0.717, 1.165) is 0 Å². The topological polar surface area (TPSA) is 81.4 Å². The number of esters is 1. The summed E-state index contributed by atoms with van der Waals surface area (Å²) in [5.41, 5.74) is 6.26. The molecular formula is C17H15Cl3N2O3. The van der Waals surface area contributed by atoms with Crippen LogP contribution in [0.25, 0.3) is 0 Å². The van der Waals surface area contributed by atoms with Crippen molar-refractivity contribution in [2.45, 2.75) is 19.1 Å². The number of ether oxygens (including phenoxy) is 1. The molecule has 0 fully saturated rings. The quantitative estimate of drug-likeness (QED) is 0.700. The molecule has 25 heavy (non-hydrogen) atoms. The van der Waals surface area contributed by atoms with Gasteiger partial charge in [-0.15, -0.1) is 0 Å². The van der Waals surface area contributed by atoms with Gasteiger partial charge >= 0.3 is 12.0 Å². The van der Waals surface area contributed by atoms with Crippen molar-refractivity contribution < 1.29 is 14.3 Å². The lowest BCUT2D eigenvalue weighted by Crippen LogP contribution is -2.34. The normalized spacial score (nSPS) is 11.6. The molecule has 0 aliphatic carbocycles. The highest BCUT2D eigenvalue weighted by Gasteiger charge is 2.21. The standard InChI is InChI=1S/C17H15Cl3N2O3/c18-12-5-2-1-4-10(12)15(22-17(21)24)8-16(23)25-9-11-13(19)6-3-7-14(11)20/h1-7,15H,8-9H2,(H3,21,22,24)/t15-/m0/s1. The number of urea groups is 1. The van der Waals surface area contributed by atoms with E-state index in [4.69, 9.17) is 45.3 Å². The Kier molecular flexibility index (Phi) is 6.93. The Labute approximate surface area is 160 Å². The Hall–Kier alpha value is -1.95. The van der Waals surface area contributed by atoms with Gasteiger partial charge < -0.3 is 15.8 Å². The van der Waals surface area contributed by atoms with Gasteiger partial charge in [0.05, 0.1) is 12.5 Å². The zero-order chi connectivity index (χ0) is 18.4. The van der Waals surface area contributed by atoms with Crippen LogP contribution in [0.15, 0.2) is 42.5 Å². The average Bonchev–Trinajstić information content (AvgIpc) is 2.54. The van der Waals surface area contributed by atoms with Crippen LogP contribution in [-0.2, 0) is 16.1 Å². The smallest absolute Gasteiger partial charge is 0.312 e. The molecular weight excluding hydrogens is 387 g/mol. The fourth-order valence-electron chi connectivity index (χ4n) is 2.22. The minimum Gasteiger partial charge on any atom is -0.461 e. The molecule has 0 aromatic heterocycles. The van der Waals surface area contributed by atoms with E-state index in [9.17, 15) is 9.59 Å². The summed E-state index contributed by atoms with van der Waals surface area (Å²) >= 11 is 18.2. The Morgan fingerprint density at radius 1 is 1.00 bits per heavy atom. The number of carbonyl (C=O) groups excluding carboxylic acids is 2. The zero-order valence-electron chi connectivity index (χ0n) is 13.0. The van der Waals surface area contributed by atoms with E-state index in [-0.39, 0.29) is 13.0 Å². The summed E-state index contributed by atoms with van der Waals surface area (Å²) in [6, 6.07) is 10.3. The summed E-state index contributed by atoms with van der Waals surface area (Å²) in [5, 5.41) is 3.70. The molecule has 8 heteroatoms. The highest BCUT2D eigenvalue weighted by atomic mass is 35.5. The molecule has 2 aromatic rings. The largest absolute Gasteiger partial charge is 0.461 e. The van der Waals surface area contributed by atoms with E-state index in [0.29, 0.717) is 26.2 Å². The maximum atomic E-state index is 12.2. The summed E-state index contributed by atoms with van der Waals surface area (Å²) < 4.78 is 5.22. The number of rotatable bonds is 6. The number of nitrogens with one attached hydrogen (secondary N) is 1. The van der Waals surface area contributed by atoms with Crippen LogP contribution in [0.4, 0.5) is 4.79 Å². The van der Waals surface area contributed by atoms with Crippen molar-refractivity contribution in [2.24, 2.45) is 5.73 Å². The fourth-order valence-corrected chi connectivity index (χ4v) is 2.99. The predicted molar refractivity (Wildman–Crippen MR) is 97.8 cm³/mol. The SMILES string of the molecule is NC(=O)N[C@@H](CC(=O)OCc1c(Cl)cccc1Cl)c1ccccc1Cl. The molecule has 0 spiro atoms. The van der Waals surface area contributed by atoms with Crippen molar-refractivity contribution in [1.82, 2.24) is 5.32 Å². The highest BCUT2D eigenvalue weighted by Crippen LogP contribution is 2.27. The van der Waals surface area contributed by atoms with E-state index < -0.39 is 18.0 Å². The Bertz CT molecular complexity index is 763. The van der Waals surface area contributed by atoms with Crippen LogP contribution in [0.5, 0.6) is 0 Å². The lowest BCUT2D eigenvalue weighted by Gasteiger charge is -2.18. The minimum absolute atomic E-state index is 0.0802. The lowest BCUT2D eigenvalue weighted by molar-refractivity contribution is -0.145. The van der Waals surface area contributed by atoms with E-state index in [1.165, 1.54) is 0 Å². The third kappa shape index (κ3) is 5.53. The van der Waals surface area contributed by atoms with Crippen LogP contribution in [0.3, 0.4) is 0 Å². The van der Waals surface area contributed by atoms with Gasteiger partial charge in [-0.05, 0) is 23.8 Å². The van der Waals surface area contributed by atoms with Crippen LogP contribution in [0.2, 0.25) is 15.1 Å². The molecule has 0 aliphatic heterocycles. The minimum atomic E-state index is -0.771. The van der Waals surface area contributed by atoms with Crippen molar-refractivity contribution in [3.8, 4) is 0 Å². The molecule has 2 aromatic carbocycles. The maximum Gasteiger partial charge on any atom is 0.312 e. The molecule has 0 aliphatic rings. The van der Waals surface area contributed by atoms with Crippen LogP contribution < -0.4 is 11.1 Å². The van der Waals surface area contributed by atoms with Gasteiger partial charge in [0.25, 0.3) is 0 Å². The first-order valence-corrected chi connectivity index (χ1v) is 8.40. The monoisotopic (exact) mass is 400 g/mol. The lowest BCUT2D eigenvalue weighted by atomic mass is 10.0. The van der Waals surface area contributed by atoms with Gasteiger partial charge in [0.15, 0.2) is 0 Å². The van der Waals surface area contributed by atoms with Crippen molar-refractivity contribution in [3.63, 3.8) is 0 Å². The predicted octanol–water partition coefficient (Wildman–Crippen LogP) is 4.49. The van der Waals surface area contributed by atoms with Crippen LogP contribution in [0.1, 0.15) is 23.6 Å². The molecule has 0 bridgehead atoms. The molecule has 2 amide bonds. The Morgan fingerprint density at radius 3 is 2.20 bits per heavy atom. The van der Waals surface area contributed by atoms with E-state index in [2.05, 4.69) is 5.32 Å². The summed E-state index contributed by atoms with van der Waals surface area (Å²) in [6.07, 6.45) is -0.144. The van der Waals surface area contributed by atoms with Gasteiger partial charge in [0.1, 0.15) is 6.61 Å². The van der Waals surface area contributed by atoms with Crippen molar-refractivity contribution in [3.05, 3.63) is 68.7 Å². The number of primary amides is 1.